The highest BCUT2D eigenvalue weighted by molar-refractivity contribution is 7.92. The zero-order valence-corrected chi connectivity index (χ0v) is 13.7. The quantitative estimate of drug-likeness (QED) is 0.857. The van der Waals surface area contributed by atoms with Gasteiger partial charge in [-0.2, -0.15) is 5.10 Å². The second-order valence-corrected chi connectivity index (χ2v) is 6.59. The fraction of sp³-hybridized carbons (Fsp3) is 0.231. The molecule has 0 fully saturated rings. The summed E-state index contributed by atoms with van der Waals surface area (Å²) < 4.78 is 33.1. The van der Waals surface area contributed by atoms with E-state index in [2.05, 4.69) is 14.6 Å². The Morgan fingerprint density at radius 2 is 2.05 bits per heavy atom. The molecule has 0 aliphatic carbocycles. The van der Waals surface area contributed by atoms with Gasteiger partial charge in [0.1, 0.15) is 10.7 Å². The Hall–Kier alpha value is -2.06. The highest BCUT2D eigenvalue weighted by Crippen LogP contribution is 2.25. The van der Waals surface area contributed by atoms with E-state index in [0.717, 1.165) is 0 Å². The van der Waals surface area contributed by atoms with Gasteiger partial charge in [0.2, 0.25) is 0 Å². The van der Waals surface area contributed by atoms with Crippen molar-refractivity contribution in [2.24, 2.45) is 7.05 Å². The Kier molecular flexibility index (Phi) is 4.43. The SMILES string of the molecule is COC(=O)c1ccc(S(=O)(=O)Nc2cc(C)nn2C)c(Cl)c1. The molecule has 0 unspecified atom stereocenters. The number of methoxy groups -OCH3 is 1. The largest absolute Gasteiger partial charge is 0.465 e. The van der Waals surface area contributed by atoms with E-state index < -0.39 is 16.0 Å². The van der Waals surface area contributed by atoms with E-state index in [0.29, 0.717) is 11.5 Å². The van der Waals surface area contributed by atoms with Crippen LogP contribution in [0.1, 0.15) is 16.1 Å². The van der Waals surface area contributed by atoms with E-state index in [1.165, 1.54) is 30.0 Å². The number of hydrogen-bond donors (Lipinski definition) is 1. The van der Waals surface area contributed by atoms with Crippen LogP contribution in [-0.4, -0.2) is 31.3 Å². The average Bonchev–Trinajstić information content (AvgIpc) is 2.74. The number of aryl methyl sites for hydroxylation is 2. The molecule has 7 nitrogen and oxygen atoms in total. The number of rotatable bonds is 4. The molecule has 0 saturated heterocycles. The van der Waals surface area contributed by atoms with Crippen LogP contribution in [0.5, 0.6) is 0 Å². The molecule has 118 valence electrons. The molecular formula is C13H14ClN3O4S. The van der Waals surface area contributed by atoms with Crippen molar-refractivity contribution in [3.05, 3.63) is 40.5 Å². The first-order valence-electron chi connectivity index (χ1n) is 6.16. The first-order valence-corrected chi connectivity index (χ1v) is 8.02. The molecule has 2 aromatic rings. The molecule has 0 aliphatic rings. The number of hydrogen-bond acceptors (Lipinski definition) is 5. The Balaban J connectivity index is 2.37. The maximum absolute atomic E-state index is 12.4. The van der Waals surface area contributed by atoms with E-state index in [4.69, 9.17) is 11.6 Å². The van der Waals surface area contributed by atoms with Crippen molar-refractivity contribution in [1.29, 1.82) is 0 Å². The number of carbonyl (C=O) groups excluding carboxylic acids is 1. The Morgan fingerprint density at radius 1 is 1.36 bits per heavy atom. The molecule has 22 heavy (non-hydrogen) atoms. The standard InChI is InChI=1S/C13H14ClN3O4S/c1-8-6-12(17(2)15-8)16-22(19,20)11-5-4-9(7-10(11)14)13(18)21-3/h4-7,16H,1-3H3. The maximum Gasteiger partial charge on any atom is 0.337 e. The number of sulfonamides is 1. The van der Waals surface area contributed by atoms with Crippen LogP contribution in [0.25, 0.3) is 0 Å². The minimum absolute atomic E-state index is 0.0747. The molecule has 2 rings (SSSR count). The lowest BCUT2D eigenvalue weighted by Gasteiger charge is -2.10. The zero-order chi connectivity index (χ0) is 16.5. The van der Waals surface area contributed by atoms with Crippen molar-refractivity contribution < 1.29 is 17.9 Å². The van der Waals surface area contributed by atoms with Crippen molar-refractivity contribution in [3.8, 4) is 0 Å². The normalized spacial score (nSPS) is 11.3. The van der Waals surface area contributed by atoms with Gasteiger partial charge in [-0.3, -0.25) is 9.40 Å². The third-order valence-corrected chi connectivity index (χ3v) is 4.72. The maximum atomic E-state index is 12.4. The summed E-state index contributed by atoms with van der Waals surface area (Å²) in [6.45, 7) is 1.75. The molecule has 1 N–H and O–H groups in total. The lowest BCUT2D eigenvalue weighted by atomic mass is 10.2. The Bertz CT molecular complexity index is 830. The van der Waals surface area contributed by atoms with Crippen molar-refractivity contribution >= 4 is 33.4 Å². The number of carbonyl (C=O) groups is 1. The summed E-state index contributed by atoms with van der Waals surface area (Å²) in [7, 11) is -1.05. The van der Waals surface area contributed by atoms with Crippen LogP contribution in [0.2, 0.25) is 5.02 Å². The van der Waals surface area contributed by atoms with Crippen LogP contribution in [0.15, 0.2) is 29.2 Å². The Morgan fingerprint density at radius 3 is 2.55 bits per heavy atom. The summed E-state index contributed by atoms with van der Waals surface area (Å²) in [4.78, 5) is 11.3. The van der Waals surface area contributed by atoms with Crippen molar-refractivity contribution in [2.75, 3.05) is 11.8 Å². The van der Waals surface area contributed by atoms with Crippen molar-refractivity contribution in [3.63, 3.8) is 0 Å². The zero-order valence-electron chi connectivity index (χ0n) is 12.1. The third kappa shape index (κ3) is 3.23. The van der Waals surface area contributed by atoms with E-state index in [1.807, 2.05) is 0 Å². The summed E-state index contributed by atoms with van der Waals surface area (Å²) in [5.41, 5.74) is 0.843. The van der Waals surface area contributed by atoms with Gasteiger partial charge in [0.05, 0.1) is 23.4 Å². The minimum atomic E-state index is -3.90. The Labute approximate surface area is 132 Å². The lowest BCUT2D eigenvalue weighted by Crippen LogP contribution is -2.16. The summed E-state index contributed by atoms with van der Waals surface area (Å²) in [5.74, 6) is -0.285. The van der Waals surface area contributed by atoms with E-state index in [-0.39, 0.29) is 15.5 Å². The molecule has 0 bridgehead atoms. The van der Waals surface area contributed by atoms with Gasteiger partial charge in [0.15, 0.2) is 0 Å². The lowest BCUT2D eigenvalue weighted by molar-refractivity contribution is 0.0600. The summed E-state index contributed by atoms with van der Waals surface area (Å²) >= 11 is 5.98. The molecule has 0 amide bonds. The van der Waals surface area contributed by atoms with Gasteiger partial charge in [0.25, 0.3) is 10.0 Å². The van der Waals surface area contributed by atoms with E-state index in [1.54, 1.807) is 20.0 Å². The van der Waals surface area contributed by atoms with Crippen LogP contribution in [0, 0.1) is 6.92 Å². The number of esters is 1. The van der Waals surface area contributed by atoms with Crippen LogP contribution in [-0.2, 0) is 21.8 Å². The molecule has 9 heteroatoms. The number of anilines is 1. The fourth-order valence-electron chi connectivity index (χ4n) is 1.86. The summed E-state index contributed by atoms with van der Waals surface area (Å²) in [5, 5.41) is 3.98. The fourth-order valence-corrected chi connectivity index (χ4v) is 3.49. The number of nitrogens with one attached hydrogen (secondary N) is 1. The number of benzene rings is 1. The van der Waals surface area contributed by atoms with Gasteiger partial charge in [0, 0.05) is 13.1 Å². The predicted molar refractivity (Wildman–Crippen MR) is 81.5 cm³/mol. The first kappa shape index (κ1) is 16.3. The van der Waals surface area contributed by atoms with Gasteiger partial charge in [-0.1, -0.05) is 11.6 Å². The van der Waals surface area contributed by atoms with Gasteiger partial charge in [-0.25, -0.2) is 13.2 Å². The molecular weight excluding hydrogens is 330 g/mol. The van der Waals surface area contributed by atoms with Crippen LogP contribution < -0.4 is 4.72 Å². The molecule has 0 radical (unpaired) electrons. The molecule has 0 spiro atoms. The molecule has 1 heterocycles. The predicted octanol–water partition coefficient (Wildman–Crippen LogP) is 1.97. The number of aromatic nitrogens is 2. The average molecular weight is 344 g/mol. The molecule has 1 aromatic heterocycles. The first-order chi connectivity index (χ1) is 10.2. The highest BCUT2D eigenvalue weighted by Gasteiger charge is 2.21. The number of halogens is 1. The topological polar surface area (TPSA) is 90.3 Å². The van der Waals surface area contributed by atoms with Gasteiger partial charge in [-0.05, 0) is 25.1 Å². The van der Waals surface area contributed by atoms with Gasteiger partial charge >= 0.3 is 5.97 Å². The third-order valence-electron chi connectivity index (χ3n) is 2.88. The number of nitrogens with zero attached hydrogens (tertiary/aromatic N) is 2. The highest BCUT2D eigenvalue weighted by atomic mass is 35.5. The molecule has 0 saturated carbocycles. The van der Waals surface area contributed by atoms with Crippen molar-refractivity contribution in [1.82, 2.24) is 9.78 Å². The van der Waals surface area contributed by atoms with Crippen LogP contribution in [0.4, 0.5) is 5.82 Å². The molecule has 1 aromatic carbocycles. The molecule has 0 atom stereocenters. The second-order valence-electron chi connectivity index (χ2n) is 4.54. The number of ether oxygens (including phenoxy) is 1. The van der Waals surface area contributed by atoms with Crippen LogP contribution in [0.3, 0.4) is 0 Å². The van der Waals surface area contributed by atoms with E-state index >= 15 is 0 Å². The van der Waals surface area contributed by atoms with Gasteiger partial charge in [-0.15, -0.1) is 0 Å². The van der Waals surface area contributed by atoms with Gasteiger partial charge < -0.3 is 4.74 Å². The molecule has 0 aliphatic heterocycles. The summed E-state index contributed by atoms with van der Waals surface area (Å²) in [6.07, 6.45) is 0. The monoisotopic (exact) mass is 343 g/mol. The van der Waals surface area contributed by atoms with Crippen LogP contribution >= 0.6 is 11.6 Å². The van der Waals surface area contributed by atoms with E-state index in [9.17, 15) is 13.2 Å². The minimum Gasteiger partial charge on any atom is -0.465 e. The van der Waals surface area contributed by atoms with Crippen molar-refractivity contribution in [2.45, 2.75) is 11.8 Å². The second kappa shape index (κ2) is 5.98. The summed E-state index contributed by atoms with van der Waals surface area (Å²) in [6, 6.07) is 5.42. The smallest absolute Gasteiger partial charge is 0.337 e.